The van der Waals surface area contributed by atoms with Gasteiger partial charge in [0.2, 0.25) is 11.8 Å². The minimum Gasteiger partial charge on any atom is -0.369 e. The van der Waals surface area contributed by atoms with Crippen molar-refractivity contribution in [2.24, 2.45) is 5.92 Å². The first-order valence-electron chi connectivity index (χ1n) is 11.9. The van der Waals surface area contributed by atoms with Crippen LogP contribution in [0.2, 0.25) is 0 Å². The normalized spacial score (nSPS) is 15.7. The molecule has 1 aliphatic heterocycles. The summed E-state index contributed by atoms with van der Waals surface area (Å²) in [5.41, 5.74) is 1.32. The molecule has 0 bridgehead atoms. The monoisotopic (exact) mass is 499 g/mol. The molecule has 3 heterocycles. The van der Waals surface area contributed by atoms with Crippen LogP contribution >= 0.6 is 11.8 Å². The van der Waals surface area contributed by atoms with Crippen LogP contribution in [0.5, 0.6) is 0 Å². The molecule has 1 aromatic carbocycles. The number of anilines is 2. The van der Waals surface area contributed by atoms with E-state index in [0.29, 0.717) is 23.9 Å². The highest BCUT2D eigenvalue weighted by atomic mass is 32.2. The Hall–Kier alpha value is -3.21. The molecule has 0 radical (unpaired) electrons. The third kappa shape index (κ3) is 5.90. The maximum absolute atomic E-state index is 13.2. The number of carbonyl (C=O) groups excluding carboxylic acids is 2. The highest BCUT2D eigenvalue weighted by Gasteiger charge is 2.35. The van der Waals surface area contributed by atoms with Crippen molar-refractivity contribution in [1.29, 1.82) is 0 Å². The van der Waals surface area contributed by atoms with E-state index in [4.69, 9.17) is 4.98 Å². The first-order chi connectivity index (χ1) is 17.0. The number of carbonyl (C=O) groups is 2. The molecule has 0 saturated carbocycles. The first kappa shape index (κ1) is 24.9. The number of nitrogens with one attached hydrogen (secondary N) is 2. The molecule has 1 unspecified atom stereocenters. The Morgan fingerprint density at radius 2 is 1.97 bits per heavy atom. The molecule has 9 nitrogen and oxygen atoms in total. The van der Waals surface area contributed by atoms with Crippen LogP contribution in [0.15, 0.2) is 35.6 Å². The largest absolute Gasteiger partial charge is 0.369 e. The van der Waals surface area contributed by atoms with Crippen LogP contribution in [-0.2, 0) is 16.1 Å². The van der Waals surface area contributed by atoms with E-state index in [2.05, 4.69) is 34.6 Å². The van der Waals surface area contributed by atoms with E-state index in [1.807, 2.05) is 0 Å². The molecule has 2 amide bonds. The fraction of sp³-hybridized carbons (Fsp3) is 0.458. The number of fused-ring (bicyclic) bond motifs is 1. The van der Waals surface area contributed by atoms with Crippen molar-refractivity contribution in [3.8, 4) is 0 Å². The third-order valence-electron chi connectivity index (χ3n) is 5.71. The molecule has 0 aliphatic carbocycles. The molecular formula is C24H30FN7O2S. The molecule has 2 N–H and O–H groups in total. The number of amides is 2. The molecule has 1 atom stereocenters. The number of hydrogen-bond donors (Lipinski definition) is 2. The van der Waals surface area contributed by atoms with Crippen LogP contribution in [0.1, 0.15) is 33.1 Å². The minimum atomic E-state index is -0.453. The Kier molecular flexibility index (Phi) is 8.17. The molecule has 1 fully saturated rings. The van der Waals surface area contributed by atoms with Gasteiger partial charge in [-0.15, -0.1) is 0 Å². The lowest BCUT2D eigenvalue weighted by Crippen LogP contribution is -2.35. The zero-order valence-electron chi connectivity index (χ0n) is 20.0. The Morgan fingerprint density at radius 1 is 1.17 bits per heavy atom. The molecule has 186 valence electrons. The van der Waals surface area contributed by atoms with Gasteiger partial charge in [0.25, 0.3) is 0 Å². The molecule has 11 heteroatoms. The van der Waals surface area contributed by atoms with Gasteiger partial charge in [0.15, 0.2) is 10.8 Å². The third-order valence-corrected chi connectivity index (χ3v) is 6.76. The first-order valence-corrected chi connectivity index (χ1v) is 12.9. The molecular weight excluding hydrogens is 469 g/mol. The van der Waals surface area contributed by atoms with Crippen molar-refractivity contribution in [3.05, 3.63) is 36.3 Å². The van der Waals surface area contributed by atoms with Gasteiger partial charge in [-0.2, -0.15) is 5.10 Å². The summed E-state index contributed by atoms with van der Waals surface area (Å²) in [6.07, 6.45) is 3.88. The van der Waals surface area contributed by atoms with Crippen molar-refractivity contribution in [3.63, 3.8) is 0 Å². The van der Waals surface area contributed by atoms with Crippen molar-refractivity contribution >= 4 is 46.1 Å². The second-order valence-electron chi connectivity index (χ2n) is 8.41. The minimum absolute atomic E-state index is 0.131. The SMILES string of the molecule is CCCNc1nc(SCCC)nc2c1cnn2CCNC(=O)C1CC(=O)N(c2ccc(F)cc2)C1. The molecule has 35 heavy (non-hydrogen) atoms. The lowest BCUT2D eigenvalue weighted by molar-refractivity contribution is -0.126. The number of thioether (sulfide) groups is 1. The van der Waals surface area contributed by atoms with Gasteiger partial charge in [0.05, 0.1) is 24.0 Å². The zero-order valence-corrected chi connectivity index (χ0v) is 20.8. The van der Waals surface area contributed by atoms with Gasteiger partial charge in [0, 0.05) is 37.5 Å². The highest BCUT2D eigenvalue weighted by molar-refractivity contribution is 7.99. The number of hydrogen-bond acceptors (Lipinski definition) is 7. The van der Waals surface area contributed by atoms with Crippen molar-refractivity contribution in [1.82, 2.24) is 25.1 Å². The molecule has 4 rings (SSSR count). The van der Waals surface area contributed by atoms with Gasteiger partial charge >= 0.3 is 0 Å². The van der Waals surface area contributed by atoms with E-state index in [1.54, 1.807) is 34.8 Å². The van der Waals surface area contributed by atoms with Gasteiger partial charge in [-0.3, -0.25) is 9.59 Å². The highest BCUT2D eigenvalue weighted by Crippen LogP contribution is 2.26. The van der Waals surface area contributed by atoms with Crippen LogP contribution < -0.4 is 15.5 Å². The van der Waals surface area contributed by atoms with Gasteiger partial charge < -0.3 is 15.5 Å². The van der Waals surface area contributed by atoms with Crippen molar-refractivity contribution in [2.45, 2.75) is 44.8 Å². The summed E-state index contributed by atoms with van der Waals surface area (Å²) in [5.74, 6) is 0.560. The second kappa shape index (κ2) is 11.5. The Balaban J connectivity index is 1.39. The maximum atomic E-state index is 13.2. The van der Waals surface area contributed by atoms with E-state index >= 15 is 0 Å². The van der Waals surface area contributed by atoms with E-state index in [1.165, 1.54) is 17.0 Å². The number of benzene rings is 1. The summed E-state index contributed by atoms with van der Waals surface area (Å²) in [4.78, 5) is 36.0. The Labute approximate surface area is 207 Å². The summed E-state index contributed by atoms with van der Waals surface area (Å²) >= 11 is 1.61. The van der Waals surface area contributed by atoms with Gasteiger partial charge in [-0.05, 0) is 37.1 Å². The predicted octanol–water partition coefficient (Wildman–Crippen LogP) is 3.46. The Morgan fingerprint density at radius 3 is 2.71 bits per heavy atom. The maximum Gasteiger partial charge on any atom is 0.227 e. The van der Waals surface area contributed by atoms with E-state index in [0.717, 1.165) is 42.0 Å². The second-order valence-corrected chi connectivity index (χ2v) is 9.47. The predicted molar refractivity (Wildman–Crippen MR) is 135 cm³/mol. The quantitative estimate of drug-likeness (QED) is 0.307. The van der Waals surface area contributed by atoms with E-state index < -0.39 is 5.92 Å². The molecule has 2 aromatic heterocycles. The van der Waals surface area contributed by atoms with Gasteiger partial charge in [0.1, 0.15) is 11.6 Å². The average Bonchev–Trinajstić information content (AvgIpc) is 3.45. The molecule has 0 spiro atoms. The summed E-state index contributed by atoms with van der Waals surface area (Å²) in [6, 6.07) is 5.72. The van der Waals surface area contributed by atoms with Crippen LogP contribution in [-0.4, -0.2) is 56.9 Å². The number of rotatable bonds is 11. The lowest BCUT2D eigenvalue weighted by atomic mass is 10.1. The Bertz CT molecular complexity index is 1180. The lowest BCUT2D eigenvalue weighted by Gasteiger charge is -2.16. The number of aromatic nitrogens is 4. The zero-order chi connectivity index (χ0) is 24.8. The van der Waals surface area contributed by atoms with Crippen LogP contribution in [0, 0.1) is 11.7 Å². The number of nitrogens with zero attached hydrogens (tertiary/aromatic N) is 5. The van der Waals surface area contributed by atoms with E-state index in [-0.39, 0.29) is 30.6 Å². The van der Waals surface area contributed by atoms with Crippen molar-refractivity contribution in [2.75, 3.05) is 35.6 Å². The topological polar surface area (TPSA) is 105 Å². The molecule has 3 aromatic rings. The summed E-state index contributed by atoms with van der Waals surface area (Å²) in [7, 11) is 0. The average molecular weight is 500 g/mol. The van der Waals surface area contributed by atoms with Crippen LogP contribution in [0.3, 0.4) is 0 Å². The van der Waals surface area contributed by atoms with Crippen LogP contribution in [0.25, 0.3) is 11.0 Å². The standard InChI is InChI=1S/C24H30FN7O2S/c1-3-9-26-21-19-14-28-32(22(19)30-24(29-21)35-12-4-2)11-10-27-23(34)16-13-20(33)31(15-16)18-7-5-17(25)6-8-18/h5-8,14,16H,3-4,9-13,15H2,1-2H3,(H,27,34)(H,26,29,30). The molecule has 1 aliphatic rings. The van der Waals surface area contributed by atoms with Gasteiger partial charge in [-0.25, -0.2) is 19.0 Å². The fourth-order valence-electron chi connectivity index (χ4n) is 3.92. The smallest absolute Gasteiger partial charge is 0.227 e. The van der Waals surface area contributed by atoms with Crippen molar-refractivity contribution < 1.29 is 14.0 Å². The molecule has 1 saturated heterocycles. The summed E-state index contributed by atoms with van der Waals surface area (Å²) in [5, 5.41) is 12.3. The van der Waals surface area contributed by atoms with E-state index in [9.17, 15) is 14.0 Å². The summed E-state index contributed by atoms with van der Waals surface area (Å²) < 4.78 is 15.0. The fourth-order valence-corrected chi connectivity index (χ4v) is 4.61. The van der Waals surface area contributed by atoms with Crippen LogP contribution in [0.4, 0.5) is 15.9 Å². The summed E-state index contributed by atoms with van der Waals surface area (Å²) in [6.45, 7) is 6.10. The number of halogens is 1. The van der Waals surface area contributed by atoms with Gasteiger partial charge in [-0.1, -0.05) is 25.6 Å².